The van der Waals surface area contributed by atoms with Crippen LogP contribution in [-0.2, 0) is 0 Å². The molecule has 0 aromatic carbocycles. The molecule has 0 aliphatic heterocycles. The number of rotatable bonds is 0. The minimum atomic E-state index is 1.09. The molecule has 12 heavy (non-hydrogen) atoms. The van der Waals surface area contributed by atoms with Gasteiger partial charge in [-0.2, -0.15) is 0 Å². The molecule has 0 spiro atoms. The number of halogens is 1. The molecule has 0 aliphatic rings. The highest BCUT2D eigenvalue weighted by Gasteiger charge is 2.01. The molecule has 0 atom stereocenters. The molecular formula is C9H9IN2. The minimum absolute atomic E-state index is 1.09. The summed E-state index contributed by atoms with van der Waals surface area (Å²) in [6.07, 6.45) is 4.20. The molecule has 0 aliphatic carbocycles. The number of hydrogen-bond donors (Lipinski definition) is 0. The van der Waals surface area contributed by atoms with E-state index >= 15 is 0 Å². The van der Waals surface area contributed by atoms with E-state index < -0.39 is 0 Å². The van der Waals surface area contributed by atoms with Gasteiger partial charge in [0.2, 0.25) is 0 Å². The Labute approximate surface area is 85.1 Å². The summed E-state index contributed by atoms with van der Waals surface area (Å²) >= 11 is 2.25. The Kier molecular flexibility index (Phi) is 1.83. The summed E-state index contributed by atoms with van der Waals surface area (Å²) in [5.41, 5.74) is 2.20. The van der Waals surface area contributed by atoms with Crippen molar-refractivity contribution < 1.29 is 0 Å². The van der Waals surface area contributed by atoms with E-state index in [0.29, 0.717) is 0 Å². The molecule has 3 heteroatoms. The van der Waals surface area contributed by atoms with Gasteiger partial charge >= 0.3 is 0 Å². The Morgan fingerprint density at radius 3 is 2.83 bits per heavy atom. The predicted molar refractivity (Wildman–Crippen MR) is 58.6 cm³/mol. The van der Waals surface area contributed by atoms with Gasteiger partial charge in [0.25, 0.3) is 0 Å². The van der Waals surface area contributed by atoms with E-state index in [1.807, 2.05) is 16.6 Å². The lowest BCUT2D eigenvalue weighted by atomic mass is 10.2. The van der Waals surface area contributed by atoms with Crippen LogP contribution in [-0.4, -0.2) is 7.76 Å². The number of hydrogen-bond acceptors (Lipinski definition) is 1. The van der Waals surface area contributed by atoms with Crippen LogP contribution in [0.15, 0.2) is 18.5 Å². The highest BCUT2D eigenvalue weighted by atomic mass is 127. The Hall–Kier alpha value is -0.580. The van der Waals surface area contributed by atoms with Gasteiger partial charge in [0.05, 0.1) is 22.9 Å². The largest absolute Gasteiger partial charge is 0.296 e. The molecule has 2 aromatic heterocycles. The van der Waals surface area contributed by atoms with Crippen LogP contribution in [0, 0.1) is 13.8 Å². The van der Waals surface area contributed by atoms with E-state index in [2.05, 4.69) is 46.3 Å². The van der Waals surface area contributed by atoms with Crippen LogP contribution in [0.4, 0.5) is 0 Å². The van der Waals surface area contributed by atoms with E-state index in [1.165, 1.54) is 10.8 Å². The third-order valence-corrected chi connectivity index (χ3v) is 2.48. The molecule has 0 unspecified atom stereocenters. The van der Waals surface area contributed by atoms with E-state index in [0.717, 1.165) is 11.4 Å². The maximum Gasteiger partial charge on any atom is 0.0634 e. The molecule has 0 saturated heterocycles. The van der Waals surface area contributed by atoms with Crippen molar-refractivity contribution in [3.05, 3.63) is 29.8 Å². The summed E-state index contributed by atoms with van der Waals surface area (Å²) in [7, 11) is 0. The summed E-state index contributed by atoms with van der Waals surface area (Å²) in [6, 6.07) is 2.11. The predicted octanol–water partition coefficient (Wildman–Crippen LogP) is 2.85. The van der Waals surface area contributed by atoms with Gasteiger partial charge < -0.3 is 0 Å². The van der Waals surface area contributed by atoms with E-state index in [-0.39, 0.29) is 0 Å². The number of aryl methyl sites for hydroxylation is 2. The molecule has 2 heterocycles. The van der Waals surface area contributed by atoms with Gasteiger partial charge in [0.15, 0.2) is 0 Å². The van der Waals surface area contributed by atoms with Gasteiger partial charge in [0.1, 0.15) is 0 Å². The van der Waals surface area contributed by atoms with Crippen LogP contribution in [0.5, 0.6) is 0 Å². The second kappa shape index (κ2) is 2.73. The highest BCUT2D eigenvalue weighted by molar-refractivity contribution is 14.1. The van der Waals surface area contributed by atoms with Crippen LogP contribution in [0.25, 0.3) is 10.8 Å². The second-order valence-corrected chi connectivity index (χ2v) is 4.07. The SMILES string of the molecule is Cc1cc2cn(I)cc2c(C)n1. The average molecular weight is 272 g/mol. The van der Waals surface area contributed by atoms with Gasteiger partial charge in [-0.3, -0.25) is 7.76 Å². The fourth-order valence-electron chi connectivity index (χ4n) is 1.44. The summed E-state index contributed by atoms with van der Waals surface area (Å²) in [5, 5.41) is 2.52. The van der Waals surface area contributed by atoms with E-state index in [4.69, 9.17) is 0 Å². The molecule has 2 nitrogen and oxygen atoms in total. The van der Waals surface area contributed by atoms with Crippen LogP contribution in [0.2, 0.25) is 0 Å². The van der Waals surface area contributed by atoms with Gasteiger partial charge in [-0.05, 0) is 19.9 Å². The summed E-state index contributed by atoms with van der Waals surface area (Å²) in [6.45, 7) is 4.07. The zero-order chi connectivity index (χ0) is 8.72. The zero-order valence-electron chi connectivity index (χ0n) is 7.00. The van der Waals surface area contributed by atoms with Gasteiger partial charge in [0, 0.05) is 34.6 Å². The van der Waals surface area contributed by atoms with Crippen molar-refractivity contribution in [3.63, 3.8) is 0 Å². The Morgan fingerprint density at radius 2 is 2.08 bits per heavy atom. The van der Waals surface area contributed by atoms with E-state index in [9.17, 15) is 0 Å². The molecule has 0 N–H and O–H groups in total. The van der Waals surface area contributed by atoms with Crippen LogP contribution in [0.1, 0.15) is 11.4 Å². The number of fused-ring (bicyclic) bond motifs is 1. The molecular weight excluding hydrogens is 263 g/mol. The standard InChI is InChI=1S/C9H9IN2/c1-6-3-8-4-12(10)5-9(8)7(2)11-6/h3-5H,1-2H3. The van der Waals surface area contributed by atoms with Crippen molar-refractivity contribution in [2.75, 3.05) is 0 Å². The van der Waals surface area contributed by atoms with Crippen LogP contribution < -0.4 is 0 Å². The van der Waals surface area contributed by atoms with Crippen molar-refractivity contribution in [3.8, 4) is 0 Å². The topological polar surface area (TPSA) is 17.8 Å². The maximum absolute atomic E-state index is 4.40. The monoisotopic (exact) mass is 272 g/mol. The summed E-state index contributed by atoms with van der Waals surface area (Å²) < 4.78 is 2.04. The van der Waals surface area contributed by atoms with Crippen molar-refractivity contribution in [1.82, 2.24) is 7.76 Å². The van der Waals surface area contributed by atoms with Gasteiger partial charge in [-0.25, -0.2) is 0 Å². The lowest BCUT2D eigenvalue weighted by Gasteiger charge is -1.96. The molecule has 0 fully saturated rings. The molecule has 0 amide bonds. The number of aromatic nitrogens is 2. The Morgan fingerprint density at radius 1 is 1.33 bits per heavy atom. The first-order valence-corrected chi connectivity index (χ1v) is 4.75. The molecule has 0 radical (unpaired) electrons. The number of pyridine rings is 1. The van der Waals surface area contributed by atoms with Crippen molar-refractivity contribution >= 4 is 33.6 Å². The quantitative estimate of drug-likeness (QED) is 0.674. The molecule has 0 bridgehead atoms. The van der Waals surface area contributed by atoms with Crippen molar-refractivity contribution in [2.24, 2.45) is 0 Å². The van der Waals surface area contributed by atoms with Crippen molar-refractivity contribution in [2.45, 2.75) is 13.8 Å². The highest BCUT2D eigenvalue weighted by Crippen LogP contribution is 2.20. The van der Waals surface area contributed by atoms with Crippen LogP contribution >= 0.6 is 22.9 Å². The van der Waals surface area contributed by atoms with Gasteiger partial charge in [-0.15, -0.1) is 0 Å². The third kappa shape index (κ3) is 1.22. The number of nitrogens with zero attached hydrogens (tertiary/aromatic N) is 2. The second-order valence-electron chi connectivity index (χ2n) is 2.95. The first kappa shape index (κ1) is 8.04. The summed E-state index contributed by atoms with van der Waals surface area (Å²) in [5.74, 6) is 0. The molecule has 2 aromatic rings. The maximum atomic E-state index is 4.40. The first-order chi connectivity index (χ1) is 5.66. The minimum Gasteiger partial charge on any atom is -0.296 e. The fraction of sp³-hybridized carbons (Fsp3) is 0.222. The smallest absolute Gasteiger partial charge is 0.0634 e. The zero-order valence-corrected chi connectivity index (χ0v) is 9.16. The Bertz CT molecular complexity index is 431. The molecule has 62 valence electrons. The first-order valence-electron chi connectivity index (χ1n) is 3.79. The van der Waals surface area contributed by atoms with Gasteiger partial charge in [-0.1, -0.05) is 0 Å². The third-order valence-electron chi connectivity index (χ3n) is 1.92. The lowest BCUT2D eigenvalue weighted by molar-refractivity contribution is 1.15. The van der Waals surface area contributed by atoms with E-state index in [1.54, 1.807) is 0 Å². The Balaban J connectivity index is 2.88. The normalized spacial score (nSPS) is 10.9. The summed E-state index contributed by atoms with van der Waals surface area (Å²) in [4.78, 5) is 4.40. The molecule has 2 rings (SSSR count). The molecule has 0 saturated carbocycles. The van der Waals surface area contributed by atoms with Crippen molar-refractivity contribution in [1.29, 1.82) is 0 Å². The van der Waals surface area contributed by atoms with Crippen LogP contribution in [0.3, 0.4) is 0 Å². The lowest BCUT2D eigenvalue weighted by Crippen LogP contribution is -1.84. The fourth-order valence-corrected chi connectivity index (χ4v) is 2.02. The average Bonchev–Trinajstić information content (AvgIpc) is 2.29.